The molecule has 1 saturated heterocycles. The normalized spacial score (nSPS) is 17.4. The van der Waals surface area contributed by atoms with E-state index in [1.807, 2.05) is 18.2 Å². The molecule has 0 aliphatic carbocycles. The molecule has 1 fully saturated rings. The van der Waals surface area contributed by atoms with E-state index in [0.29, 0.717) is 5.92 Å². The predicted octanol–water partition coefficient (Wildman–Crippen LogP) is 3.64. The van der Waals surface area contributed by atoms with Gasteiger partial charge in [0.25, 0.3) is 0 Å². The summed E-state index contributed by atoms with van der Waals surface area (Å²) in [7, 11) is 0. The first-order valence-electron chi connectivity index (χ1n) is 10.3. The van der Waals surface area contributed by atoms with E-state index in [0.717, 1.165) is 61.8 Å². The van der Waals surface area contributed by atoms with Crippen molar-refractivity contribution in [2.75, 3.05) is 26.2 Å². The molecule has 0 amide bonds. The number of aliphatic imine (C=N–C) groups is 1. The number of nitrogens with zero attached hydrogens (tertiary/aromatic N) is 3. The van der Waals surface area contributed by atoms with Crippen molar-refractivity contribution >= 4 is 17.0 Å². The van der Waals surface area contributed by atoms with Gasteiger partial charge in [-0.3, -0.25) is 4.99 Å². The number of benzene rings is 2. The molecule has 0 bridgehead atoms. The second-order valence-corrected chi connectivity index (χ2v) is 7.48. The molecule has 1 atom stereocenters. The van der Waals surface area contributed by atoms with Crippen molar-refractivity contribution in [3.63, 3.8) is 0 Å². The molecule has 2 heterocycles. The van der Waals surface area contributed by atoms with Crippen molar-refractivity contribution in [3.05, 3.63) is 66.0 Å². The van der Waals surface area contributed by atoms with Crippen LogP contribution in [-0.4, -0.2) is 47.0 Å². The van der Waals surface area contributed by atoms with Crippen LogP contribution in [0.25, 0.3) is 11.0 Å². The monoisotopic (exact) mass is 375 g/mol. The molecule has 5 heteroatoms. The largest absolute Gasteiger partial charge is 0.357 e. The maximum absolute atomic E-state index is 4.87. The Balaban J connectivity index is 1.35. The van der Waals surface area contributed by atoms with Crippen LogP contribution in [0, 0.1) is 5.92 Å². The summed E-state index contributed by atoms with van der Waals surface area (Å²) in [5.41, 5.74) is 3.55. The fraction of sp³-hybridized carbons (Fsp3) is 0.391. The van der Waals surface area contributed by atoms with E-state index in [1.54, 1.807) is 0 Å². The zero-order valence-corrected chi connectivity index (χ0v) is 16.6. The molecule has 28 heavy (non-hydrogen) atoms. The Labute approximate surface area is 166 Å². The fourth-order valence-corrected chi connectivity index (χ4v) is 3.96. The van der Waals surface area contributed by atoms with Gasteiger partial charge in [-0.15, -0.1) is 0 Å². The molecule has 2 N–H and O–H groups in total. The summed E-state index contributed by atoms with van der Waals surface area (Å²) in [5, 5.41) is 3.47. The molecule has 1 unspecified atom stereocenters. The molecule has 1 aromatic heterocycles. The number of rotatable bonds is 6. The minimum absolute atomic E-state index is 0.696. The number of fused-ring (bicyclic) bond motifs is 1. The smallest absolute Gasteiger partial charge is 0.193 e. The van der Waals surface area contributed by atoms with Crippen LogP contribution < -0.4 is 5.32 Å². The lowest BCUT2D eigenvalue weighted by molar-refractivity contribution is 0.460. The predicted molar refractivity (Wildman–Crippen MR) is 116 cm³/mol. The maximum Gasteiger partial charge on any atom is 0.193 e. The minimum atomic E-state index is 0.696. The van der Waals surface area contributed by atoms with Crippen LogP contribution in [0.4, 0.5) is 0 Å². The average Bonchev–Trinajstić information content (AvgIpc) is 3.34. The van der Waals surface area contributed by atoms with E-state index < -0.39 is 0 Å². The van der Waals surface area contributed by atoms with Gasteiger partial charge in [0.2, 0.25) is 0 Å². The topological polar surface area (TPSA) is 56.3 Å². The first kappa shape index (κ1) is 18.5. The van der Waals surface area contributed by atoms with E-state index >= 15 is 0 Å². The molecule has 1 aliphatic heterocycles. The minimum Gasteiger partial charge on any atom is -0.357 e. The Morgan fingerprint density at radius 3 is 2.82 bits per heavy atom. The molecule has 3 aromatic rings. The van der Waals surface area contributed by atoms with Crippen molar-refractivity contribution < 1.29 is 0 Å². The van der Waals surface area contributed by atoms with Crippen LogP contribution in [0.1, 0.15) is 24.7 Å². The molecule has 5 nitrogen and oxygen atoms in total. The molecule has 1 aliphatic rings. The van der Waals surface area contributed by atoms with Crippen LogP contribution in [0.15, 0.2) is 59.6 Å². The summed E-state index contributed by atoms with van der Waals surface area (Å²) >= 11 is 0. The Hall–Kier alpha value is -2.82. The third kappa shape index (κ3) is 4.53. The van der Waals surface area contributed by atoms with Gasteiger partial charge >= 0.3 is 0 Å². The molecule has 0 spiro atoms. The number of para-hydroxylation sites is 2. The van der Waals surface area contributed by atoms with Gasteiger partial charge in [-0.25, -0.2) is 4.98 Å². The van der Waals surface area contributed by atoms with Crippen LogP contribution in [0.2, 0.25) is 0 Å². The van der Waals surface area contributed by atoms with Crippen LogP contribution in [0.3, 0.4) is 0 Å². The van der Waals surface area contributed by atoms with Crippen molar-refractivity contribution in [1.82, 2.24) is 20.2 Å². The van der Waals surface area contributed by atoms with Crippen LogP contribution >= 0.6 is 0 Å². The van der Waals surface area contributed by atoms with Gasteiger partial charge in [0, 0.05) is 32.6 Å². The number of likely N-dealkylation sites (tertiary alicyclic amines) is 1. The van der Waals surface area contributed by atoms with Crippen LogP contribution in [0.5, 0.6) is 0 Å². The number of hydrogen-bond donors (Lipinski definition) is 2. The van der Waals surface area contributed by atoms with Gasteiger partial charge in [0.05, 0.1) is 11.0 Å². The van der Waals surface area contributed by atoms with Gasteiger partial charge in [0.15, 0.2) is 5.96 Å². The first-order chi connectivity index (χ1) is 13.8. The molecule has 0 saturated carbocycles. The summed E-state index contributed by atoms with van der Waals surface area (Å²) in [6.45, 7) is 5.91. The average molecular weight is 376 g/mol. The highest BCUT2D eigenvalue weighted by atomic mass is 15.3. The first-order valence-corrected chi connectivity index (χ1v) is 10.3. The Morgan fingerprint density at radius 2 is 2.00 bits per heavy atom. The van der Waals surface area contributed by atoms with E-state index in [2.05, 4.69) is 63.5 Å². The molecule has 0 radical (unpaired) electrons. The Kier molecular flexibility index (Phi) is 5.90. The SMILES string of the molecule is CCNC(=NCCc1nc2ccccc2[nH]1)N1CCC(Cc2ccccc2)C1. The molecule has 146 valence electrons. The number of nitrogens with one attached hydrogen (secondary N) is 2. The highest BCUT2D eigenvalue weighted by Crippen LogP contribution is 2.21. The maximum atomic E-state index is 4.87. The highest BCUT2D eigenvalue weighted by molar-refractivity contribution is 5.80. The van der Waals surface area contributed by atoms with Crippen LogP contribution in [-0.2, 0) is 12.8 Å². The number of imidazole rings is 1. The highest BCUT2D eigenvalue weighted by Gasteiger charge is 2.24. The standard InChI is InChI=1S/C23H29N5/c1-2-24-23(25-14-12-22-26-20-10-6-7-11-21(20)27-22)28-15-13-19(17-28)16-18-8-4-3-5-9-18/h3-11,19H,2,12-17H2,1H3,(H,24,25)(H,26,27). The van der Waals surface area contributed by atoms with E-state index in [4.69, 9.17) is 4.99 Å². The summed E-state index contributed by atoms with van der Waals surface area (Å²) in [6.07, 6.45) is 3.20. The van der Waals surface area contributed by atoms with E-state index in [-0.39, 0.29) is 0 Å². The van der Waals surface area contributed by atoms with Gasteiger partial charge in [-0.05, 0) is 43.4 Å². The fourth-order valence-electron chi connectivity index (χ4n) is 3.96. The number of aromatic amines is 1. The zero-order valence-electron chi connectivity index (χ0n) is 16.6. The van der Waals surface area contributed by atoms with Gasteiger partial charge in [0.1, 0.15) is 5.82 Å². The van der Waals surface area contributed by atoms with Crippen molar-refractivity contribution in [2.45, 2.75) is 26.2 Å². The number of H-pyrrole nitrogens is 1. The summed E-state index contributed by atoms with van der Waals surface area (Å²) in [5.74, 6) is 2.74. The lowest BCUT2D eigenvalue weighted by Crippen LogP contribution is -2.40. The second kappa shape index (κ2) is 8.91. The third-order valence-corrected chi connectivity index (χ3v) is 5.34. The Bertz CT molecular complexity index is 882. The van der Waals surface area contributed by atoms with Gasteiger partial charge in [-0.2, -0.15) is 0 Å². The summed E-state index contributed by atoms with van der Waals surface area (Å²) < 4.78 is 0. The lowest BCUT2D eigenvalue weighted by atomic mass is 9.99. The quantitative estimate of drug-likeness (QED) is 0.511. The molecular weight excluding hydrogens is 346 g/mol. The van der Waals surface area contributed by atoms with Gasteiger partial charge in [-0.1, -0.05) is 42.5 Å². The zero-order chi connectivity index (χ0) is 19.2. The summed E-state index contributed by atoms with van der Waals surface area (Å²) in [6, 6.07) is 19.0. The molecular formula is C23H29N5. The third-order valence-electron chi connectivity index (χ3n) is 5.34. The molecule has 4 rings (SSSR count). The summed E-state index contributed by atoms with van der Waals surface area (Å²) in [4.78, 5) is 15.3. The molecule has 2 aromatic carbocycles. The van der Waals surface area contributed by atoms with Crippen molar-refractivity contribution in [2.24, 2.45) is 10.9 Å². The second-order valence-electron chi connectivity index (χ2n) is 7.48. The Morgan fingerprint density at radius 1 is 1.18 bits per heavy atom. The van der Waals surface area contributed by atoms with E-state index in [1.165, 1.54) is 12.0 Å². The number of guanidine groups is 1. The van der Waals surface area contributed by atoms with Crippen molar-refractivity contribution in [1.29, 1.82) is 0 Å². The van der Waals surface area contributed by atoms with Gasteiger partial charge < -0.3 is 15.2 Å². The lowest BCUT2D eigenvalue weighted by Gasteiger charge is -2.21. The van der Waals surface area contributed by atoms with E-state index in [9.17, 15) is 0 Å². The van der Waals surface area contributed by atoms with Crippen molar-refractivity contribution in [3.8, 4) is 0 Å². The number of hydrogen-bond acceptors (Lipinski definition) is 2. The number of aromatic nitrogens is 2.